The Bertz CT molecular complexity index is 1160. The molecule has 0 saturated carbocycles. The maximum Gasteiger partial charge on any atom is 0.263 e. The predicted octanol–water partition coefficient (Wildman–Crippen LogP) is 2.03. The molecule has 0 aromatic carbocycles. The molecule has 5 N–H and O–H groups in total. The lowest BCUT2D eigenvalue weighted by Gasteiger charge is -2.28. The van der Waals surface area contributed by atoms with Crippen molar-refractivity contribution in [3.8, 4) is 0 Å². The number of ether oxygens (including phenoxy) is 1. The van der Waals surface area contributed by atoms with Gasteiger partial charge in [-0.2, -0.15) is 0 Å². The summed E-state index contributed by atoms with van der Waals surface area (Å²) < 4.78 is 5.55. The van der Waals surface area contributed by atoms with E-state index in [2.05, 4.69) is 27.3 Å². The standard InChI is InChI=1S/C23H28N6O2S/c1-13-2-5-17-20(25)21(32-23(17)26-13)22(30)27-16-4-6-18-14(10-16)3-7-19(28-18)29-8-9-31-12-15(24)11-29/h2-3,5,7,15-16H,4,6,8-12,24-25H2,1H3,(H,27,30). The van der Waals surface area contributed by atoms with Gasteiger partial charge in [-0.3, -0.25) is 4.79 Å². The van der Waals surface area contributed by atoms with Crippen LogP contribution in [-0.2, 0) is 17.6 Å². The highest BCUT2D eigenvalue weighted by Crippen LogP contribution is 2.33. The Balaban J connectivity index is 1.28. The quantitative estimate of drug-likeness (QED) is 0.556. The van der Waals surface area contributed by atoms with Crippen LogP contribution < -0.4 is 21.7 Å². The van der Waals surface area contributed by atoms with E-state index in [1.54, 1.807) is 0 Å². The van der Waals surface area contributed by atoms with Gasteiger partial charge in [-0.1, -0.05) is 6.07 Å². The second-order valence-corrected chi connectivity index (χ2v) is 9.62. The van der Waals surface area contributed by atoms with E-state index in [0.717, 1.165) is 59.8 Å². The van der Waals surface area contributed by atoms with Crippen molar-refractivity contribution in [3.05, 3.63) is 46.1 Å². The normalized spacial score (nSPS) is 21.2. The van der Waals surface area contributed by atoms with Gasteiger partial charge in [0.05, 0.1) is 18.9 Å². The smallest absolute Gasteiger partial charge is 0.263 e. The molecule has 1 saturated heterocycles. The van der Waals surface area contributed by atoms with Crippen molar-refractivity contribution in [1.29, 1.82) is 0 Å². The van der Waals surface area contributed by atoms with Crippen LogP contribution in [0, 0.1) is 6.92 Å². The number of aromatic nitrogens is 2. The van der Waals surface area contributed by atoms with E-state index >= 15 is 0 Å². The summed E-state index contributed by atoms with van der Waals surface area (Å²) in [5.41, 5.74) is 16.1. The molecule has 3 aromatic rings. The van der Waals surface area contributed by atoms with Crippen molar-refractivity contribution < 1.29 is 9.53 Å². The lowest BCUT2D eigenvalue weighted by atomic mass is 9.91. The molecule has 4 heterocycles. The van der Waals surface area contributed by atoms with Crippen LogP contribution >= 0.6 is 11.3 Å². The maximum absolute atomic E-state index is 13.0. The zero-order valence-corrected chi connectivity index (χ0v) is 19.0. The van der Waals surface area contributed by atoms with Gasteiger partial charge >= 0.3 is 0 Å². The van der Waals surface area contributed by atoms with Crippen LogP contribution in [0.1, 0.15) is 33.0 Å². The Hall–Kier alpha value is -2.75. The number of rotatable bonds is 3. The van der Waals surface area contributed by atoms with Gasteiger partial charge in [0.15, 0.2) is 0 Å². The first kappa shape index (κ1) is 21.1. The highest BCUT2D eigenvalue weighted by atomic mass is 32.1. The van der Waals surface area contributed by atoms with Gasteiger partial charge < -0.3 is 26.4 Å². The van der Waals surface area contributed by atoms with E-state index in [-0.39, 0.29) is 18.0 Å². The molecule has 32 heavy (non-hydrogen) atoms. The molecule has 1 fully saturated rings. The fraction of sp³-hybridized carbons (Fsp3) is 0.435. The van der Waals surface area contributed by atoms with Gasteiger partial charge in [-0.25, -0.2) is 9.97 Å². The third kappa shape index (κ3) is 4.15. The van der Waals surface area contributed by atoms with Crippen LogP contribution in [0.15, 0.2) is 24.3 Å². The Labute approximate surface area is 191 Å². The summed E-state index contributed by atoms with van der Waals surface area (Å²) in [6, 6.07) is 8.09. The highest BCUT2D eigenvalue weighted by molar-refractivity contribution is 7.21. The van der Waals surface area contributed by atoms with E-state index in [0.29, 0.717) is 23.8 Å². The monoisotopic (exact) mass is 452 g/mol. The summed E-state index contributed by atoms with van der Waals surface area (Å²) in [6.07, 6.45) is 2.44. The molecule has 8 nitrogen and oxygen atoms in total. The summed E-state index contributed by atoms with van der Waals surface area (Å²) >= 11 is 1.35. The average Bonchev–Trinajstić information content (AvgIpc) is 2.95. The predicted molar refractivity (Wildman–Crippen MR) is 127 cm³/mol. The molecule has 1 aliphatic heterocycles. The van der Waals surface area contributed by atoms with E-state index in [4.69, 9.17) is 21.2 Å². The Kier molecular flexibility index (Phi) is 5.71. The number of pyridine rings is 2. The number of nitrogens with zero attached hydrogens (tertiary/aromatic N) is 3. The Morgan fingerprint density at radius 2 is 2.16 bits per heavy atom. The maximum atomic E-state index is 13.0. The Morgan fingerprint density at radius 3 is 3.03 bits per heavy atom. The van der Waals surface area contributed by atoms with Gasteiger partial charge in [0.2, 0.25) is 0 Å². The number of hydrogen-bond donors (Lipinski definition) is 3. The van der Waals surface area contributed by atoms with Crippen molar-refractivity contribution >= 4 is 39.0 Å². The lowest BCUT2D eigenvalue weighted by Crippen LogP contribution is -2.40. The fourth-order valence-corrected chi connectivity index (χ4v) is 5.50. The topological polar surface area (TPSA) is 119 Å². The van der Waals surface area contributed by atoms with E-state index in [1.165, 1.54) is 16.9 Å². The second kappa shape index (κ2) is 8.65. The first-order valence-electron chi connectivity index (χ1n) is 11.0. The van der Waals surface area contributed by atoms with Crippen molar-refractivity contribution in [2.24, 2.45) is 5.73 Å². The minimum atomic E-state index is -0.125. The van der Waals surface area contributed by atoms with Crippen LogP contribution in [0.25, 0.3) is 10.2 Å². The third-order valence-corrected chi connectivity index (χ3v) is 7.25. The fourth-order valence-electron chi connectivity index (χ4n) is 4.45. The number of nitrogens with two attached hydrogens (primary N) is 2. The summed E-state index contributed by atoms with van der Waals surface area (Å²) in [6.45, 7) is 4.72. The molecule has 1 amide bonds. The summed E-state index contributed by atoms with van der Waals surface area (Å²) in [4.78, 5) is 25.9. The largest absolute Gasteiger partial charge is 0.397 e. The molecule has 9 heteroatoms. The van der Waals surface area contributed by atoms with Crippen LogP contribution in [0.3, 0.4) is 0 Å². The number of carbonyl (C=O) groups is 1. The number of aryl methyl sites for hydroxylation is 2. The summed E-state index contributed by atoms with van der Waals surface area (Å²) in [5.74, 6) is 0.827. The number of thiophene rings is 1. The molecule has 2 unspecified atom stereocenters. The number of hydrogen-bond acceptors (Lipinski definition) is 8. The van der Waals surface area contributed by atoms with E-state index in [1.807, 2.05) is 19.1 Å². The SMILES string of the molecule is Cc1ccc2c(N)c(C(=O)NC3CCc4nc(N5CCOCC(N)C5)ccc4C3)sc2n1. The molecule has 0 radical (unpaired) electrons. The van der Waals surface area contributed by atoms with Crippen LogP contribution in [0.5, 0.6) is 0 Å². The first-order chi connectivity index (χ1) is 15.5. The number of amides is 1. The minimum absolute atomic E-state index is 0.00428. The molecule has 3 aromatic heterocycles. The van der Waals surface area contributed by atoms with Crippen molar-refractivity contribution in [3.63, 3.8) is 0 Å². The molecule has 0 bridgehead atoms. The number of fused-ring (bicyclic) bond motifs is 2. The lowest BCUT2D eigenvalue weighted by molar-refractivity contribution is 0.0938. The van der Waals surface area contributed by atoms with Crippen molar-refractivity contribution in [1.82, 2.24) is 15.3 Å². The van der Waals surface area contributed by atoms with E-state index < -0.39 is 0 Å². The van der Waals surface area contributed by atoms with Crippen molar-refractivity contribution in [2.45, 2.75) is 38.3 Å². The number of anilines is 2. The number of carbonyl (C=O) groups excluding carboxylic acids is 1. The molecule has 5 rings (SSSR count). The first-order valence-corrected chi connectivity index (χ1v) is 11.8. The third-order valence-electron chi connectivity index (χ3n) is 6.14. The zero-order chi connectivity index (χ0) is 22.2. The second-order valence-electron chi connectivity index (χ2n) is 8.62. The van der Waals surface area contributed by atoms with Gasteiger partial charge in [0.1, 0.15) is 15.5 Å². The molecule has 168 valence electrons. The number of nitrogen functional groups attached to an aromatic ring is 1. The van der Waals surface area contributed by atoms with Gasteiger partial charge in [0, 0.05) is 41.9 Å². The van der Waals surface area contributed by atoms with Crippen LogP contribution in [-0.4, -0.2) is 54.3 Å². The Morgan fingerprint density at radius 1 is 1.28 bits per heavy atom. The molecular weight excluding hydrogens is 424 g/mol. The van der Waals surface area contributed by atoms with Crippen LogP contribution in [0.2, 0.25) is 0 Å². The zero-order valence-electron chi connectivity index (χ0n) is 18.1. The van der Waals surface area contributed by atoms with Crippen LogP contribution in [0.4, 0.5) is 11.5 Å². The summed E-state index contributed by atoms with van der Waals surface area (Å²) in [5, 5.41) is 4.02. The summed E-state index contributed by atoms with van der Waals surface area (Å²) in [7, 11) is 0. The van der Waals surface area contributed by atoms with Gasteiger partial charge in [-0.15, -0.1) is 11.3 Å². The molecule has 2 atom stereocenters. The minimum Gasteiger partial charge on any atom is -0.397 e. The van der Waals surface area contributed by atoms with E-state index in [9.17, 15) is 4.79 Å². The average molecular weight is 453 g/mol. The molecule has 2 aliphatic rings. The van der Waals surface area contributed by atoms with Gasteiger partial charge in [-0.05, 0) is 49.9 Å². The highest BCUT2D eigenvalue weighted by Gasteiger charge is 2.25. The van der Waals surface area contributed by atoms with Crippen molar-refractivity contribution in [2.75, 3.05) is 36.9 Å². The number of nitrogens with one attached hydrogen (secondary N) is 1. The van der Waals surface area contributed by atoms with Gasteiger partial charge in [0.25, 0.3) is 5.91 Å². The molecule has 0 spiro atoms. The molecule has 1 aliphatic carbocycles. The molecular formula is C23H28N6O2S.